The van der Waals surface area contributed by atoms with Crippen LogP contribution in [0.15, 0.2) is 91.0 Å². The minimum absolute atomic E-state index is 0. The van der Waals surface area contributed by atoms with Crippen molar-refractivity contribution in [3.05, 3.63) is 114 Å². The first-order valence-corrected chi connectivity index (χ1v) is 12.5. The molecule has 4 heteroatoms. The summed E-state index contributed by atoms with van der Waals surface area (Å²) in [7, 11) is 0. The summed E-state index contributed by atoms with van der Waals surface area (Å²) in [6.45, 7) is 11.0. The molecule has 0 atom stereocenters. The Bertz CT molecular complexity index is 1530. The van der Waals surface area contributed by atoms with Gasteiger partial charge in [-0.2, -0.15) is 0 Å². The molecule has 0 bridgehead atoms. The second kappa shape index (κ2) is 11.0. The third kappa shape index (κ3) is 5.37. The Hall–Kier alpha value is -3.33. The Morgan fingerprint density at radius 2 is 1.46 bits per heavy atom. The number of pyridine rings is 1. The Labute approximate surface area is 233 Å². The van der Waals surface area contributed by atoms with Crippen molar-refractivity contribution in [1.82, 2.24) is 14.5 Å². The average Bonchev–Trinajstić information content (AvgIpc) is 3.30. The fourth-order valence-corrected chi connectivity index (χ4v) is 4.88. The fourth-order valence-electron chi connectivity index (χ4n) is 4.88. The van der Waals surface area contributed by atoms with E-state index in [0.717, 1.165) is 33.9 Å². The van der Waals surface area contributed by atoms with Gasteiger partial charge in [0, 0.05) is 31.4 Å². The van der Waals surface area contributed by atoms with Gasteiger partial charge >= 0.3 is 0 Å². The first-order chi connectivity index (χ1) is 17.3. The third-order valence-corrected chi connectivity index (χ3v) is 6.52. The fraction of sp³-hybridized carbons (Fsp3) is 0.212. The van der Waals surface area contributed by atoms with Crippen LogP contribution in [-0.4, -0.2) is 14.5 Å². The number of aromatic nitrogens is 3. The SMILES string of the molecule is CC(C)C1=CC(C)(C)n2c(-c3[c-]cccc3)nc3cccc1c32.Cc1cccc(-c2[c-]cccc2)n1.[Ir]. The first kappa shape index (κ1) is 26.7. The van der Waals surface area contributed by atoms with E-state index in [4.69, 9.17) is 4.98 Å². The number of benzene rings is 3. The quantitative estimate of drug-likeness (QED) is 0.183. The van der Waals surface area contributed by atoms with E-state index in [1.165, 1.54) is 16.7 Å². The number of imidazole rings is 1. The van der Waals surface area contributed by atoms with Crippen LogP contribution in [0.2, 0.25) is 0 Å². The van der Waals surface area contributed by atoms with Crippen LogP contribution in [0.4, 0.5) is 0 Å². The number of rotatable bonds is 3. The summed E-state index contributed by atoms with van der Waals surface area (Å²) in [6, 6.07) is 34.9. The molecule has 0 unspecified atom stereocenters. The molecule has 0 spiro atoms. The van der Waals surface area contributed by atoms with Gasteiger partial charge < -0.3 is 9.55 Å². The van der Waals surface area contributed by atoms with Crippen LogP contribution in [0.25, 0.3) is 39.3 Å². The van der Waals surface area contributed by atoms with E-state index in [1.807, 2.05) is 67.6 Å². The summed E-state index contributed by atoms with van der Waals surface area (Å²) in [6.07, 6.45) is 2.40. The van der Waals surface area contributed by atoms with Gasteiger partial charge in [-0.15, -0.1) is 71.8 Å². The van der Waals surface area contributed by atoms with E-state index in [-0.39, 0.29) is 25.6 Å². The molecular weight excluding hydrogens is 631 g/mol. The Morgan fingerprint density at radius 3 is 2.08 bits per heavy atom. The van der Waals surface area contributed by atoms with E-state index in [2.05, 4.69) is 79.7 Å². The van der Waals surface area contributed by atoms with Crippen molar-refractivity contribution < 1.29 is 20.1 Å². The zero-order valence-corrected chi connectivity index (χ0v) is 24.3. The molecule has 6 rings (SSSR count). The number of nitrogens with zero attached hydrogens (tertiary/aromatic N) is 3. The monoisotopic (exact) mass is 662 g/mol. The second-order valence-corrected chi connectivity index (χ2v) is 10.1. The summed E-state index contributed by atoms with van der Waals surface area (Å²) < 4.78 is 2.37. The van der Waals surface area contributed by atoms with Crippen molar-refractivity contribution in [3.63, 3.8) is 0 Å². The standard InChI is InChI=1S/C21H21N2.C12H10N.Ir/c1-14(2)17-13-21(3,4)23-19-16(17)11-8-12-18(19)22-20(23)15-9-6-5-7-10-15;1-10-6-5-9-12(13-10)11-7-3-2-4-8-11;/h5-9,11-14H,1-4H3;2-7,9H,1H3;/q2*-1;. The minimum atomic E-state index is -0.109. The van der Waals surface area contributed by atoms with Crippen molar-refractivity contribution in [2.45, 2.75) is 40.2 Å². The van der Waals surface area contributed by atoms with Crippen LogP contribution in [0, 0.1) is 25.0 Å². The number of para-hydroxylation sites is 1. The number of aryl methyl sites for hydroxylation is 1. The normalized spacial score (nSPS) is 13.4. The molecule has 3 heterocycles. The van der Waals surface area contributed by atoms with Gasteiger partial charge in [-0.25, -0.2) is 0 Å². The number of allylic oxidation sites excluding steroid dienone is 2. The van der Waals surface area contributed by atoms with Crippen molar-refractivity contribution in [1.29, 1.82) is 0 Å². The van der Waals surface area contributed by atoms with Gasteiger partial charge in [0.2, 0.25) is 0 Å². The van der Waals surface area contributed by atoms with Gasteiger partial charge in [-0.1, -0.05) is 44.2 Å². The summed E-state index contributed by atoms with van der Waals surface area (Å²) >= 11 is 0. The van der Waals surface area contributed by atoms with Gasteiger partial charge in [-0.05, 0) is 50.1 Å². The molecule has 0 aliphatic carbocycles. The van der Waals surface area contributed by atoms with Gasteiger partial charge in [0.1, 0.15) is 0 Å². The predicted molar refractivity (Wildman–Crippen MR) is 149 cm³/mol. The smallest absolute Gasteiger partial charge is 0.0777 e. The Kier molecular flexibility index (Phi) is 7.92. The van der Waals surface area contributed by atoms with E-state index in [9.17, 15) is 0 Å². The molecule has 0 fully saturated rings. The molecule has 0 saturated heterocycles. The van der Waals surface area contributed by atoms with Crippen LogP contribution in [0.1, 0.15) is 39.0 Å². The summed E-state index contributed by atoms with van der Waals surface area (Å²) in [4.78, 5) is 9.35. The first-order valence-electron chi connectivity index (χ1n) is 12.5. The van der Waals surface area contributed by atoms with E-state index in [0.29, 0.717) is 5.92 Å². The molecule has 37 heavy (non-hydrogen) atoms. The second-order valence-electron chi connectivity index (χ2n) is 10.1. The molecule has 3 nitrogen and oxygen atoms in total. The van der Waals surface area contributed by atoms with Crippen molar-refractivity contribution in [2.75, 3.05) is 0 Å². The van der Waals surface area contributed by atoms with E-state index >= 15 is 0 Å². The third-order valence-electron chi connectivity index (χ3n) is 6.52. The summed E-state index contributed by atoms with van der Waals surface area (Å²) in [5.74, 6) is 1.49. The topological polar surface area (TPSA) is 30.7 Å². The molecule has 1 radical (unpaired) electrons. The van der Waals surface area contributed by atoms with Crippen LogP contribution >= 0.6 is 0 Å². The van der Waals surface area contributed by atoms with Crippen molar-refractivity contribution in [2.24, 2.45) is 5.92 Å². The molecule has 1 aliphatic rings. The zero-order valence-electron chi connectivity index (χ0n) is 21.9. The zero-order chi connectivity index (χ0) is 25.3. The maximum absolute atomic E-state index is 4.94. The Balaban J connectivity index is 0.000000195. The molecule has 0 saturated carbocycles. The van der Waals surface area contributed by atoms with Crippen LogP contribution in [-0.2, 0) is 25.6 Å². The van der Waals surface area contributed by atoms with Crippen LogP contribution in [0.3, 0.4) is 0 Å². The molecule has 0 amide bonds. The summed E-state index contributed by atoms with van der Waals surface area (Å²) in [5, 5.41) is 0. The van der Waals surface area contributed by atoms with Crippen molar-refractivity contribution in [3.8, 4) is 22.6 Å². The van der Waals surface area contributed by atoms with Crippen LogP contribution < -0.4 is 0 Å². The minimum Gasteiger partial charge on any atom is -0.355 e. The predicted octanol–water partition coefficient (Wildman–Crippen LogP) is 8.15. The summed E-state index contributed by atoms with van der Waals surface area (Å²) in [5.41, 5.74) is 9.04. The largest absolute Gasteiger partial charge is 0.355 e. The molecule has 189 valence electrons. The average molecular weight is 662 g/mol. The molecule has 0 N–H and O–H groups in total. The van der Waals surface area contributed by atoms with Crippen LogP contribution in [0.5, 0.6) is 0 Å². The maximum atomic E-state index is 4.94. The van der Waals surface area contributed by atoms with Crippen molar-refractivity contribution >= 4 is 16.6 Å². The molecule has 3 aromatic carbocycles. The molecule has 2 aromatic heterocycles. The molecule has 5 aromatic rings. The van der Waals surface area contributed by atoms with Gasteiger partial charge in [-0.3, -0.25) is 4.98 Å². The van der Waals surface area contributed by atoms with Gasteiger partial charge in [0.05, 0.1) is 22.4 Å². The number of hydrogen-bond donors (Lipinski definition) is 0. The maximum Gasteiger partial charge on any atom is 0.0777 e. The van der Waals surface area contributed by atoms with Gasteiger partial charge in [0.15, 0.2) is 0 Å². The Morgan fingerprint density at radius 1 is 0.784 bits per heavy atom. The van der Waals surface area contributed by atoms with E-state index in [1.54, 1.807) is 0 Å². The molecule has 1 aliphatic heterocycles. The number of hydrogen-bond acceptors (Lipinski definition) is 2. The van der Waals surface area contributed by atoms with E-state index < -0.39 is 0 Å². The molecular formula is C33H31IrN3-2. The van der Waals surface area contributed by atoms with Gasteiger partial charge in [0.25, 0.3) is 0 Å².